The molecule has 0 bridgehead atoms. The Kier molecular flexibility index (Phi) is 2.27. The highest BCUT2D eigenvalue weighted by Gasteiger charge is 2.19. The Labute approximate surface area is 75.7 Å². The molecule has 0 aromatic carbocycles. The maximum absolute atomic E-state index is 11.6. The topological polar surface area (TPSA) is 58.4 Å². The van der Waals surface area contributed by atoms with Crippen LogP contribution in [0, 0.1) is 0 Å². The summed E-state index contributed by atoms with van der Waals surface area (Å²) in [5.41, 5.74) is 0. The predicted octanol–water partition coefficient (Wildman–Crippen LogP) is -0.280. The zero-order chi connectivity index (χ0) is 9.10. The maximum atomic E-state index is 11.6. The van der Waals surface area contributed by atoms with Gasteiger partial charge in [-0.05, 0) is 0 Å². The number of aromatic nitrogens is 1. The lowest BCUT2D eigenvalue weighted by Gasteiger charge is -2.26. The number of hydrogen-bond acceptors (Lipinski definition) is 4. The minimum atomic E-state index is -0.0704. The molecule has 1 aromatic heterocycles. The van der Waals surface area contributed by atoms with Gasteiger partial charge in [0.1, 0.15) is 0 Å². The highest BCUT2D eigenvalue weighted by atomic mass is 16.3. The number of piperazine rings is 1. The lowest BCUT2D eigenvalue weighted by molar-refractivity contribution is 0.0703. The van der Waals surface area contributed by atoms with Gasteiger partial charge in [0.15, 0.2) is 6.39 Å². The van der Waals surface area contributed by atoms with Crippen LogP contribution in [-0.4, -0.2) is 42.0 Å². The number of oxazole rings is 1. The molecule has 0 spiro atoms. The molecule has 1 aromatic rings. The van der Waals surface area contributed by atoms with Crippen LogP contribution in [-0.2, 0) is 0 Å². The van der Waals surface area contributed by atoms with E-state index in [4.69, 9.17) is 4.42 Å². The third-order valence-corrected chi connectivity index (χ3v) is 2.05. The van der Waals surface area contributed by atoms with Crippen molar-refractivity contribution in [3.8, 4) is 0 Å². The van der Waals surface area contributed by atoms with Gasteiger partial charge < -0.3 is 14.6 Å². The quantitative estimate of drug-likeness (QED) is 0.647. The number of hydrogen-bond donors (Lipinski definition) is 1. The molecular formula is C8H11N3O2. The predicted molar refractivity (Wildman–Crippen MR) is 45.3 cm³/mol. The molecule has 1 saturated heterocycles. The van der Waals surface area contributed by atoms with Crippen molar-refractivity contribution in [2.45, 2.75) is 0 Å². The molecule has 1 amide bonds. The van der Waals surface area contributed by atoms with E-state index < -0.39 is 0 Å². The van der Waals surface area contributed by atoms with Crippen molar-refractivity contribution in [2.75, 3.05) is 26.2 Å². The molecule has 70 valence electrons. The third-order valence-electron chi connectivity index (χ3n) is 2.05. The normalized spacial score (nSPS) is 17.4. The minimum absolute atomic E-state index is 0.0704. The van der Waals surface area contributed by atoms with E-state index in [0.29, 0.717) is 5.76 Å². The van der Waals surface area contributed by atoms with Crippen molar-refractivity contribution in [1.29, 1.82) is 0 Å². The number of nitrogens with one attached hydrogen (secondary N) is 1. The van der Waals surface area contributed by atoms with E-state index in [-0.39, 0.29) is 5.91 Å². The van der Waals surface area contributed by atoms with Crippen LogP contribution < -0.4 is 5.32 Å². The van der Waals surface area contributed by atoms with E-state index in [1.165, 1.54) is 12.6 Å². The first kappa shape index (κ1) is 8.25. The second-order valence-corrected chi connectivity index (χ2v) is 2.91. The Bertz CT molecular complexity index is 278. The van der Waals surface area contributed by atoms with Crippen LogP contribution in [0.5, 0.6) is 0 Å². The summed E-state index contributed by atoms with van der Waals surface area (Å²) in [6.07, 6.45) is 2.72. The number of carbonyl (C=O) groups is 1. The zero-order valence-corrected chi connectivity index (χ0v) is 7.19. The molecule has 2 rings (SSSR count). The standard InChI is InChI=1S/C8H11N3O2/c12-8(7-5-10-6-13-7)11-3-1-9-2-4-11/h5-6,9H,1-4H2. The van der Waals surface area contributed by atoms with Crippen LogP contribution in [0.25, 0.3) is 0 Å². The highest BCUT2D eigenvalue weighted by Crippen LogP contribution is 2.04. The van der Waals surface area contributed by atoms with Gasteiger partial charge in [-0.1, -0.05) is 0 Å². The van der Waals surface area contributed by atoms with E-state index in [1.54, 1.807) is 4.90 Å². The summed E-state index contributed by atoms with van der Waals surface area (Å²) in [6.45, 7) is 3.17. The first-order valence-electron chi connectivity index (χ1n) is 4.26. The molecule has 0 saturated carbocycles. The molecule has 2 heterocycles. The second-order valence-electron chi connectivity index (χ2n) is 2.91. The summed E-state index contributed by atoms with van der Waals surface area (Å²) < 4.78 is 4.93. The fourth-order valence-corrected chi connectivity index (χ4v) is 1.35. The number of amides is 1. The molecule has 0 unspecified atom stereocenters. The third kappa shape index (κ3) is 1.70. The Morgan fingerprint density at radius 1 is 1.54 bits per heavy atom. The van der Waals surface area contributed by atoms with Gasteiger partial charge in [-0.2, -0.15) is 0 Å². The summed E-state index contributed by atoms with van der Waals surface area (Å²) in [4.78, 5) is 17.1. The first-order chi connectivity index (χ1) is 6.38. The molecule has 0 atom stereocenters. The van der Waals surface area contributed by atoms with Crippen molar-refractivity contribution in [3.05, 3.63) is 18.4 Å². The molecule has 0 aliphatic carbocycles. The SMILES string of the molecule is O=C(c1cnco1)N1CCNCC1. The summed E-state index contributed by atoms with van der Waals surface area (Å²) in [5.74, 6) is 0.251. The van der Waals surface area contributed by atoms with E-state index in [9.17, 15) is 4.79 Å². The van der Waals surface area contributed by atoms with Crippen LogP contribution in [0.3, 0.4) is 0 Å². The number of nitrogens with zero attached hydrogens (tertiary/aromatic N) is 2. The van der Waals surface area contributed by atoms with Crippen molar-refractivity contribution in [2.24, 2.45) is 0 Å². The summed E-state index contributed by atoms with van der Waals surface area (Å²) in [7, 11) is 0. The van der Waals surface area contributed by atoms with Crippen molar-refractivity contribution in [1.82, 2.24) is 15.2 Å². The van der Waals surface area contributed by atoms with Gasteiger partial charge in [-0.25, -0.2) is 4.98 Å². The monoisotopic (exact) mass is 181 g/mol. The Balaban J connectivity index is 2.04. The highest BCUT2D eigenvalue weighted by molar-refractivity contribution is 5.91. The van der Waals surface area contributed by atoms with Crippen LogP contribution in [0.2, 0.25) is 0 Å². The minimum Gasteiger partial charge on any atom is -0.438 e. The summed E-state index contributed by atoms with van der Waals surface area (Å²) in [6, 6.07) is 0. The van der Waals surface area contributed by atoms with Gasteiger partial charge in [0.2, 0.25) is 5.76 Å². The lowest BCUT2D eigenvalue weighted by atomic mass is 10.3. The fourth-order valence-electron chi connectivity index (χ4n) is 1.35. The fraction of sp³-hybridized carbons (Fsp3) is 0.500. The summed E-state index contributed by atoms with van der Waals surface area (Å²) >= 11 is 0. The molecule has 5 heteroatoms. The van der Waals surface area contributed by atoms with E-state index in [1.807, 2.05) is 0 Å². The molecule has 1 aliphatic rings. The average molecular weight is 181 g/mol. The molecule has 1 fully saturated rings. The van der Waals surface area contributed by atoms with E-state index in [2.05, 4.69) is 10.3 Å². The molecule has 1 N–H and O–H groups in total. The van der Waals surface area contributed by atoms with Crippen molar-refractivity contribution in [3.63, 3.8) is 0 Å². The number of carbonyl (C=O) groups excluding carboxylic acids is 1. The molecule has 13 heavy (non-hydrogen) atoms. The zero-order valence-electron chi connectivity index (χ0n) is 7.19. The molecule has 0 radical (unpaired) electrons. The Morgan fingerprint density at radius 3 is 2.92 bits per heavy atom. The lowest BCUT2D eigenvalue weighted by Crippen LogP contribution is -2.46. The van der Waals surface area contributed by atoms with Crippen LogP contribution in [0.1, 0.15) is 10.6 Å². The van der Waals surface area contributed by atoms with Gasteiger partial charge in [0.25, 0.3) is 5.91 Å². The van der Waals surface area contributed by atoms with Crippen molar-refractivity contribution < 1.29 is 9.21 Å². The van der Waals surface area contributed by atoms with Crippen molar-refractivity contribution >= 4 is 5.91 Å². The Hall–Kier alpha value is -1.36. The Morgan fingerprint density at radius 2 is 2.31 bits per heavy atom. The molecule has 5 nitrogen and oxygen atoms in total. The average Bonchev–Trinajstić information content (AvgIpc) is 2.71. The van der Waals surface area contributed by atoms with E-state index >= 15 is 0 Å². The van der Waals surface area contributed by atoms with Crippen LogP contribution >= 0.6 is 0 Å². The summed E-state index contributed by atoms with van der Waals surface area (Å²) in [5, 5.41) is 3.17. The van der Waals surface area contributed by atoms with Gasteiger partial charge in [0, 0.05) is 26.2 Å². The van der Waals surface area contributed by atoms with Gasteiger partial charge in [-0.3, -0.25) is 4.79 Å². The maximum Gasteiger partial charge on any atom is 0.291 e. The molecule has 1 aliphatic heterocycles. The largest absolute Gasteiger partial charge is 0.438 e. The van der Waals surface area contributed by atoms with Gasteiger partial charge in [0.05, 0.1) is 6.20 Å². The first-order valence-corrected chi connectivity index (χ1v) is 4.26. The smallest absolute Gasteiger partial charge is 0.291 e. The number of rotatable bonds is 1. The van der Waals surface area contributed by atoms with Crippen LogP contribution in [0.15, 0.2) is 17.0 Å². The van der Waals surface area contributed by atoms with Gasteiger partial charge in [-0.15, -0.1) is 0 Å². The van der Waals surface area contributed by atoms with Gasteiger partial charge >= 0.3 is 0 Å². The van der Waals surface area contributed by atoms with Crippen LogP contribution in [0.4, 0.5) is 0 Å². The van der Waals surface area contributed by atoms with E-state index in [0.717, 1.165) is 26.2 Å². The second kappa shape index (κ2) is 3.57. The molecular weight excluding hydrogens is 170 g/mol.